The molecule has 0 bridgehead atoms. The molecule has 11 nitrogen and oxygen atoms in total. The molecule has 2 rings (SSSR count). The van der Waals surface area contributed by atoms with Gasteiger partial charge in [-0.1, -0.05) is 0 Å². The van der Waals surface area contributed by atoms with Crippen LogP contribution in [0, 0.1) is 0 Å². The zero-order valence-corrected chi connectivity index (χ0v) is 12.0. The zero-order chi connectivity index (χ0) is 17.3. The van der Waals surface area contributed by atoms with Crippen LogP contribution >= 0.6 is 0 Å². The molecule has 23 heavy (non-hydrogen) atoms. The van der Waals surface area contributed by atoms with E-state index in [0.29, 0.717) is 0 Å². The molecular weight excluding hydrogens is 320 g/mol. The van der Waals surface area contributed by atoms with Crippen molar-refractivity contribution in [2.24, 2.45) is 0 Å². The molecule has 11 heteroatoms. The molecule has 136 valence electrons. The first kappa shape index (κ1) is 18.9. The van der Waals surface area contributed by atoms with E-state index in [2.05, 4.69) is 0 Å². The van der Waals surface area contributed by atoms with Gasteiger partial charge in [0.1, 0.15) is 48.8 Å². The van der Waals surface area contributed by atoms with Gasteiger partial charge >= 0.3 is 0 Å². The second kappa shape index (κ2) is 7.63. The van der Waals surface area contributed by atoms with Crippen molar-refractivity contribution in [2.45, 2.75) is 61.4 Å². The average molecular weight is 342 g/mol. The van der Waals surface area contributed by atoms with Crippen LogP contribution < -0.4 is 0 Å². The number of hydrogen-bond donors (Lipinski definition) is 8. The van der Waals surface area contributed by atoms with Crippen LogP contribution in [0.3, 0.4) is 0 Å². The molecule has 0 aromatic rings. The monoisotopic (exact) mass is 342 g/mol. The first-order chi connectivity index (χ1) is 10.8. The fraction of sp³-hybridized carbons (Fsp3) is 1.00. The van der Waals surface area contributed by atoms with Crippen molar-refractivity contribution in [3.05, 3.63) is 0 Å². The Labute approximate surface area is 130 Å². The molecule has 0 spiro atoms. The predicted octanol–water partition coefficient (Wildman–Crippen LogP) is -5.40. The molecule has 0 unspecified atom stereocenters. The highest BCUT2D eigenvalue weighted by atomic mass is 16.7. The number of ether oxygens (including phenoxy) is 3. The minimum Gasteiger partial charge on any atom is -0.394 e. The molecule has 2 fully saturated rings. The summed E-state index contributed by atoms with van der Waals surface area (Å²) in [5.74, 6) is 0. The minimum atomic E-state index is -1.74. The SMILES string of the molecule is OC[C@H]1O[C@@H](OC[C@H]2O[C@H](O)[C@H](O)[C@@H](O)[C@H]2O)[C@H](O)[C@@H](O)[C@H]1O. The summed E-state index contributed by atoms with van der Waals surface area (Å²) in [4.78, 5) is 0. The lowest BCUT2D eigenvalue weighted by molar-refractivity contribution is -0.325. The highest BCUT2D eigenvalue weighted by Gasteiger charge is 2.46. The Kier molecular flexibility index (Phi) is 6.27. The highest BCUT2D eigenvalue weighted by molar-refractivity contribution is 4.91. The standard InChI is InChI=1S/C12H22O11/c13-1-3-5(14)8(17)10(19)12(23-3)21-2-4-6(15)7(16)9(18)11(20)22-4/h3-20H,1-2H2/t3-,4-,5+,6+,7+,8+,9-,10-,11+,12-/m1/s1. The van der Waals surface area contributed by atoms with Crippen molar-refractivity contribution in [1.29, 1.82) is 0 Å². The van der Waals surface area contributed by atoms with Crippen LogP contribution in [0.25, 0.3) is 0 Å². The van der Waals surface area contributed by atoms with E-state index in [-0.39, 0.29) is 0 Å². The second-order valence-electron chi connectivity index (χ2n) is 5.57. The van der Waals surface area contributed by atoms with Crippen LogP contribution in [0.2, 0.25) is 0 Å². The quantitative estimate of drug-likeness (QED) is 0.243. The van der Waals surface area contributed by atoms with Crippen molar-refractivity contribution < 1.29 is 55.1 Å². The first-order valence-electron chi connectivity index (χ1n) is 7.07. The lowest BCUT2D eigenvalue weighted by Crippen LogP contribution is -2.61. The van der Waals surface area contributed by atoms with E-state index in [9.17, 15) is 35.7 Å². The lowest BCUT2D eigenvalue weighted by atomic mass is 9.98. The summed E-state index contributed by atoms with van der Waals surface area (Å²) in [7, 11) is 0. The summed E-state index contributed by atoms with van der Waals surface area (Å²) in [6.07, 6.45) is -15.3. The van der Waals surface area contributed by atoms with Crippen LogP contribution in [-0.2, 0) is 14.2 Å². The van der Waals surface area contributed by atoms with Crippen LogP contribution in [0.15, 0.2) is 0 Å². The Hall–Kier alpha value is -0.440. The van der Waals surface area contributed by atoms with Gasteiger partial charge in [-0.25, -0.2) is 0 Å². The van der Waals surface area contributed by atoms with Crippen LogP contribution in [-0.4, -0.2) is 115 Å². The minimum absolute atomic E-state index is 0.468. The molecule has 0 aromatic heterocycles. The Morgan fingerprint density at radius 3 is 1.83 bits per heavy atom. The van der Waals surface area contributed by atoms with Crippen molar-refractivity contribution in [3.8, 4) is 0 Å². The summed E-state index contributed by atoms with van der Waals surface area (Å²) in [5.41, 5.74) is 0. The van der Waals surface area contributed by atoms with Gasteiger partial charge in [0.25, 0.3) is 0 Å². The average Bonchev–Trinajstić information content (AvgIpc) is 2.54. The maximum absolute atomic E-state index is 9.78. The summed E-state index contributed by atoms with van der Waals surface area (Å²) in [6.45, 7) is -1.10. The van der Waals surface area contributed by atoms with Crippen LogP contribution in [0.1, 0.15) is 0 Å². The number of rotatable bonds is 4. The Morgan fingerprint density at radius 2 is 1.22 bits per heavy atom. The van der Waals surface area contributed by atoms with E-state index in [1.165, 1.54) is 0 Å². The van der Waals surface area contributed by atoms with Gasteiger partial charge in [0, 0.05) is 0 Å². The molecule has 0 aromatic carbocycles. The van der Waals surface area contributed by atoms with Crippen molar-refractivity contribution in [2.75, 3.05) is 13.2 Å². The summed E-state index contributed by atoms with van der Waals surface area (Å²) in [6, 6.07) is 0. The van der Waals surface area contributed by atoms with Gasteiger partial charge in [0.05, 0.1) is 13.2 Å². The van der Waals surface area contributed by atoms with E-state index in [4.69, 9.17) is 19.3 Å². The van der Waals surface area contributed by atoms with Gasteiger partial charge in [0.2, 0.25) is 0 Å². The molecule has 0 saturated carbocycles. The molecular formula is C12H22O11. The number of aliphatic hydroxyl groups excluding tert-OH is 8. The molecule has 8 N–H and O–H groups in total. The lowest BCUT2D eigenvalue weighted by Gasteiger charge is -2.41. The summed E-state index contributed by atoms with van der Waals surface area (Å²) >= 11 is 0. The van der Waals surface area contributed by atoms with E-state index in [0.717, 1.165) is 0 Å². The molecule has 2 heterocycles. The van der Waals surface area contributed by atoms with Crippen molar-refractivity contribution in [1.82, 2.24) is 0 Å². The largest absolute Gasteiger partial charge is 0.394 e. The third-order valence-corrected chi connectivity index (χ3v) is 3.96. The topological polar surface area (TPSA) is 190 Å². The normalized spacial score (nSPS) is 51.7. The molecule has 0 aliphatic carbocycles. The summed E-state index contributed by atoms with van der Waals surface area (Å²) < 4.78 is 15.1. The van der Waals surface area contributed by atoms with Gasteiger partial charge in [-0.2, -0.15) is 0 Å². The maximum atomic E-state index is 9.78. The van der Waals surface area contributed by atoms with Crippen molar-refractivity contribution in [3.63, 3.8) is 0 Å². The first-order valence-corrected chi connectivity index (χ1v) is 7.07. The molecule has 10 atom stereocenters. The third kappa shape index (κ3) is 3.81. The van der Waals surface area contributed by atoms with Crippen LogP contribution in [0.5, 0.6) is 0 Å². The van der Waals surface area contributed by atoms with Crippen molar-refractivity contribution >= 4 is 0 Å². The fourth-order valence-corrected chi connectivity index (χ4v) is 2.46. The van der Waals surface area contributed by atoms with Gasteiger partial charge in [-0.3, -0.25) is 0 Å². The molecule has 2 saturated heterocycles. The van der Waals surface area contributed by atoms with Gasteiger partial charge in [0.15, 0.2) is 12.6 Å². The third-order valence-electron chi connectivity index (χ3n) is 3.96. The number of hydrogen-bond acceptors (Lipinski definition) is 11. The highest BCUT2D eigenvalue weighted by Crippen LogP contribution is 2.24. The summed E-state index contributed by atoms with van der Waals surface area (Å²) in [5, 5.41) is 76.1. The fourth-order valence-electron chi connectivity index (χ4n) is 2.46. The van der Waals surface area contributed by atoms with Gasteiger partial charge in [-0.15, -0.1) is 0 Å². The molecule has 0 amide bonds. The maximum Gasteiger partial charge on any atom is 0.186 e. The van der Waals surface area contributed by atoms with E-state index in [1.54, 1.807) is 0 Å². The smallest absolute Gasteiger partial charge is 0.186 e. The Balaban J connectivity index is 1.94. The van der Waals surface area contributed by atoms with Gasteiger partial charge < -0.3 is 55.1 Å². The molecule has 2 aliphatic heterocycles. The van der Waals surface area contributed by atoms with E-state index >= 15 is 0 Å². The molecule has 0 radical (unpaired) electrons. The molecule has 2 aliphatic rings. The van der Waals surface area contributed by atoms with Crippen LogP contribution in [0.4, 0.5) is 0 Å². The Morgan fingerprint density at radius 1 is 0.652 bits per heavy atom. The van der Waals surface area contributed by atoms with E-state index in [1.807, 2.05) is 0 Å². The Bertz CT molecular complexity index is 380. The zero-order valence-electron chi connectivity index (χ0n) is 12.0. The van der Waals surface area contributed by atoms with E-state index < -0.39 is 74.6 Å². The predicted molar refractivity (Wildman–Crippen MR) is 68.6 cm³/mol. The second-order valence-corrected chi connectivity index (χ2v) is 5.57. The number of aliphatic hydroxyl groups is 8. The van der Waals surface area contributed by atoms with Gasteiger partial charge in [-0.05, 0) is 0 Å².